The lowest BCUT2D eigenvalue weighted by molar-refractivity contribution is 0.347. The molecule has 0 radical (unpaired) electrons. The average molecular weight is 165 g/mol. The first-order valence-electron chi connectivity index (χ1n) is 4.61. The molecule has 2 nitrogen and oxygen atoms in total. The van der Waals surface area contributed by atoms with Crippen LogP contribution in [-0.2, 0) is 0 Å². The van der Waals surface area contributed by atoms with E-state index in [1.54, 1.807) is 6.26 Å². The molecule has 2 rings (SSSR count). The van der Waals surface area contributed by atoms with Gasteiger partial charge < -0.3 is 9.73 Å². The second kappa shape index (κ2) is 3.31. The van der Waals surface area contributed by atoms with E-state index < -0.39 is 0 Å². The highest BCUT2D eigenvalue weighted by Crippen LogP contribution is 2.29. The summed E-state index contributed by atoms with van der Waals surface area (Å²) < 4.78 is 5.10. The third kappa shape index (κ3) is 1.39. The van der Waals surface area contributed by atoms with Gasteiger partial charge in [0, 0.05) is 0 Å². The Morgan fingerprint density at radius 2 is 2.50 bits per heavy atom. The summed E-state index contributed by atoms with van der Waals surface area (Å²) in [5.41, 5.74) is 1.36. The van der Waals surface area contributed by atoms with Crippen LogP contribution in [0, 0.1) is 5.92 Å². The number of rotatable bonds is 1. The Morgan fingerprint density at radius 3 is 3.17 bits per heavy atom. The van der Waals surface area contributed by atoms with Crippen LogP contribution in [0.25, 0.3) is 0 Å². The quantitative estimate of drug-likeness (QED) is 0.688. The van der Waals surface area contributed by atoms with Gasteiger partial charge in [0.25, 0.3) is 0 Å². The molecule has 1 aromatic rings. The van der Waals surface area contributed by atoms with Gasteiger partial charge in [-0.3, -0.25) is 0 Å². The molecule has 0 aromatic carbocycles. The van der Waals surface area contributed by atoms with Gasteiger partial charge in [-0.25, -0.2) is 0 Å². The van der Waals surface area contributed by atoms with Crippen molar-refractivity contribution in [2.24, 2.45) is 5.92 Å². The van der Waals surface area contributed by atoms with Crippen LogP contribution in [0.1, 0.15) is 24.8 Å². The van der Waals surface area contributed by atoms with Crippen molar-refractivity contribution in [2.45, 2.75) is 19.3 Å². The maximum absolute atomic E-state index is 5.10. The lowest BCUT2D eigenvalue weighted by Gasteiger charge is -2.28. The predicted octanol–water partition coefficient (Wildman–Crippen LogP) is 1.99. The van der Waals surface area contributed by atoms with Gasteiger partial charge in [0.2, 0.25) is 0 Å². The number of hydrogen-bond acceptors (Lipinski definition) is 2. The third-order valence-electron chi connectivity index (χ3n) is 2.76. The van der Waals surface area contributed by atoms with Gasteiger partial charge in [-0.15, -0.1) is 0 Å². The normalized spacial score (nSPS) is 30.4. The lowest BCUT2D eigenvalue weighted by Crippen LogP contribution is -2.33. The average Bonchev–Trinajstić information content (AvgIpc) is 2.57. The standard InChI is InChI=1S/C10H15NO/c1-8-6-11-4-2-10(8)9-3-5-12-7-9/h3,5,7-8,10-11H,2,4,6H2,1H3/t8-,10-/m0/s1. The summed E-state index contributed by atoms with van der Waals surface area (Å²) in [6, 6.07) is 2.09. The molecule has 1 N–H and O–H groups in total. The van der Waals surface area contributed by atoms with Crippen LogP contribution in [-0.4, -0.2) is 13.1 Å². The largest absolute Gasteiger partial charge is 0.472 e. The highest BCUT2D eigenvalue weighted by atomic mass is 16.3. The summed E-state index contributed by atoms with van der Waals surface area (Å²) in [4.78, 5) is 0. The summed E-state index contributed by atoms with van der Waals surface area (Å²) in [5, 5.41) is 3.40. The zero-order valence-corrected chi connectivity index (χ0v) is 7.42. The second-order valence-corrected chi connectivity index (χ2v) is 3.63. The molecule has 2 atom stereocenters. The summed E-state index contributed by atoms with van der Waals surface area (Å²) >= 11 is 0. The van der Waals surface area contributed by atoms with Gasteiger partial charge in [0.05, 0.1) is 12.5 Å². The van der Waals surface area contributed by atoms with Crippen molar-refractivity contribution in [3.8, 4) is 0 Å². The molecule has 0 saturated carbocycles. The Balaban J connectivity index is 2.11. The van der Waals surface area contributed by atoms with E-state index >= 15 is 0 Å². The molecule has 12 heavy (non-hydrogen) atoms. The van der Waals surface area contributed by atoms with Crippen LogP contribution in [0.3, 0.4) is 0 Å². The van der Waals surface area contributed by atoms with Crippen molar-refractivity contribution >= 4 is 0 Å². The number of hydrogen-bond donors (Lipinski definition) is 1. The van der Waals surface area contributed by atoms with Crippen LogP contribution in [0.4, 0.5) is 0 Å². The first kappa shape index (κ1) is 7.87. The van der Waals surface area contributed by atoms with Crippen LogP contribution in [0.2, 0.25) is 0 Å². The highest BCUT2D eigenvalue weighted by Gasteiger charge is 2.22. The van der Waals surface area contributed by atoms with Gasteiger partial charge in [-0.1, -0.05) is 6.92 Å². The third-order valence-corrected chi connectivity index (χ3v) is 2.76. The minimum atomic E-state index is 0.699. The predicted molar refractivity (Wildman–Crippen MR) is 48.1 cm³/mol. The molecule has 1 aliphatic heterocycles. The van der Waals surface area contributed by atoms with Crippen LogP contribution >= 0.6 is 0 Å². The van der Waals surface area contributed by atoms with E-state index in [-0.39, 0.29) is 0 Å². The maximum atomic E-state index is 5.10. The summed E-state index contributed by atoms with van der Waals surface area (Å²) in [7, 11) is 0. The molecule has 2 heterocycles. The number of piperidine rings is 1. The van der Waals surface area contributed by atoms with E-state index in [1.807, 2.05) is 6.26 Å². The first-order valence-corrected chi connectivity index (χ1v) is 4.61. The van der Waals surface area contributed by atoms with E-state index in [0.717, 1.165) is 19.0 Å². The minimum Gasteiger partial charge on any atom is -0.472 e. The van der Waals surface area contributed by atoms with Crippen molar-refractivity contribution in [3.05, 3.63) is 24.2 Å². The summed E-state index contributed by atoms with van der Waals surface area (Å²) in [6.45, 7) is 4.57. The molecule has 1 fully saturated rings. The Bertz CT molecular complexity index is 230. The number of furan rings is 1. The van der Waals surface area contributed by atoms with Crippen molar-refractivity contribution in [1.29, 1.82) is 0 Å². The Hall–Kier alpha value is -0.760. The fourth-order valence-electron chi connectivity index (χ4n) is 2.00. The monoisotopic (exact) mass is 165 g/mol. The molecule has 0 amide bonds. The lowest BCUT2D eigenvalue weighted by atomic mass is 9.84. The first-order chi connectivity index (χ1) is 5.88. The molecule has 1 saturated heterocycles. The second-order valence-electron chi connectivity index (χ2n) is 3.63. The number of nitrogens with one attached hydrogen (secondary N) is 1. The SMILES string of the molecule is C[C@H]1CNCC[C@@H]1c1ccoc1. The highest BCUT2D eigenvalue weighted by molar-refractivity contribution is 5.14. The molecule has 0 spiro atoms. The van der Waals surface area contributed by atoms with Crippen LogP contribution < -0.4 is 5.32 Å². The van der Waals surface area contributed by atoms with E-state index in [9.17, 15) is 0 Å². The van der Waals surface area contributed by atoms with Gasteiger partial charge >= 0.3 is 0 Å². The van der Waals surface area contributed by atoms with E-state index in [2.05, 4.69) is 18.3 Å². The van der Waals surface area contributed by atoms with E-state index in [4.69, 9.17) is 4.42 Å². The molecule has 1 aliphatic rings. The topological polar surface area (TPSA) is 25.2 Å². The summed E-state index contributed by atoms with van der Waals surface area (Å²) in [5.74, 6) is 1.43. The minimum absolute atomic E-state index is 0.699. The molecule has 0 bridgehead atoms. The van der Waals surface area contributed by atoms with Crippen molar-refractivity contribution in [3.63, 3.8) is 0 Å². The maximum Gasteiger partial charge on any atom is 0.0937 e. The van der Waals surface area contributed by atoms with E-state index in [1.165, 1.54) is 12.0 Å². The molecular formula is C10H15NO. The summed E-state index contributed by atoms with van der Waals surface area (Å²) in [6.07, 6.45) is 4.89. The van der Waals surface area contributed by atoms with Crippen molar-refractivity contribution in [2.75, 3.05) is 13.1 Å². The van der Waals surface area contributed by atoms with Gasteiger partial charge in [0.15, 0.2) is 0 Å². The van der Waals surface area contributed by atoms with E-state index in [0.29, 0.717) is 5.92 Å². The van der Waals surface area contributed by atoms with Gasteiger partial charge in [0.1, 0.15) is 0 Å². The molecule has 0 aliphatic carbocycles. The Labute approximate surface area is 73.0 Å². The Kier molecular flexibility index (Phi) is 2.17. The molecule has 66 valence electrons. The van der Waals surface area contributed by atoms with Crippen molar-refractivity contribution in [1.82, 2.24) is 5.32 Å². The molecule has 1 aromatic heterocycles. The smallest absolute Gasteiger partial charge is 0.0937 e. The zero-order chi connectivity index (χ0) is 8.39. The van der Waals surface area contributed by atoms with Crippen molar-refractivity contribution < 1.29 is 4.42 Å². The van der Waals surface area contributed by atoms with Crippen LogP contribution in [0.15, 0.2) is 23.0 Å². The van der Waals surface area contributed by atoms with Gasteiger partial charge in [-0.05, 0) is 43.0 Å². The molecule has 2 heteroatoms. The zero-order valence-electron chi connectivity index (χ0n) is 7.42. The molecular weight excluding hydrogens is 150 g/mol. The van der Waals surface area contributed by atoms with Crippen LogP contribution in [0.5, 0.6) is 0 Å². The Morgan fingerprint density at radius 1 is 1.58 bits per heavy atom. The van der Waals surface area contributed by atoms with Gasteiger partial charge in [-0.2, -0.15) is 0 Å². The fourth-order valence-corrected chi connectivity index (χ4v) is 2.00. The fraction of sp³-hybridized carbons (Fsp3) is 0.600. The molecule has 0 unspecified atom stereocenters.